The van der Waals surface area contributed by atoms with Gasteiger partial charge in [-0.2, -0.15) is 31.4 Å². The Bertz CT molecular complexity index is 905. The SMILES string of the molecule is FC(F)(F)Sc1nn(-c2ccccc2)c(-c2ccccc2)c1SC(F)(F)F. The predicted octanol–water partition coefficient (Wildman–Crippen LogP) is 6.76. The lowest BCUT2D eigenvalue weighted by molar-refractivity contribution is -0.0347. The van der Waals surface area contributed by atoms with Gasteiger partial charge in [0.1, 0.15) is 5.03 Å². The van der Waals surface area contributed by atoms with Crippen LogP contribution in [0.2, 0.25) is 0 Å². The van der Waals surface area contributed by atoms with Gasteiger partial charge < -0.3 is 0 Å². The van der Waals surface area contributed by atoms with Gasteiger partial charge in [-0.3, -0.25) is 0 Å². The molecule has 0 saturated heterocycles. The highest BCUT2D eigenvalue weighted by molar-refractivity contribution is 8.03. The molecule has 0 aliphatic carbocycles. The standard InChI is InChI=1S/C17H10F6N2S2/c18-16(19,20)26-14-13(11-7-3-1-4-8-11)25(12-9-5-2-6-10-12)24-15(14)27-17(21,22)23/h1-10H. The Hall–Kier alpha value is -2.07. The number of halogens is 6. The number of benzene rings is 2. The van der Waals surface area contributed by atoms with E-state index in [0.717, 1.165) is 4.68 Å². The molecule has 0 N–H and O–H groups in total. The Kier molecular flexibility index (Phi) is 5.48. The van der Waals surface area contributed by atoms with Crippen LogP contribution in [0.3, 0.4) is 0 Å². The van der Waals surface area contributed by atoms with Crippen LogP contribution in [0.4, 0.5) is 26.3 Å². The van der Waals surface area contributed by atoms with E-state index in [-0.39, 0.29) is 5.69 Å². The normalized spacial score (nSPS) is 12.4. The molecule has 3 aromatic rings. The lowest BCUT2D eigenvalue weighted by atomic mass is 10.1. The molecule has 0 aliphatic rings. The van der Waals surface area contributed by atoms with Crippen molar-refractivity contribution in [3.05, 3.63) is 60.7 Å². The van der Waals surface area contributed by atoms with Crippen LogP contribution in [0.1, 0.15) is 0 Å². The minimum atomic E-state index is -4.77. The first kappa shape index (κ1) is 19.7. The fourth-order valence-electron chi connectivity index (χ4n) is 2.37. The van der Waals surface area contributed by atoms with E-state index in [1.807, 2.05) is 0 Å². The first-order chi connectivity index (χ1) is 12.6. The van der Waals surface area contributed by atoms with Crippen molar-refractivity contribution in [1.82, 2.24) is 9.78 Å². The monoisotopic (exact) mass is 420 g/mol. The third kappa shape index (κ3) is 5.01. The third-order valence-electron chi connectivity index (χ3n) is 3.29. The largest absolute Gasteiger partial charge is 0.447 e. The Labute approximate surface area is 158 Å². The molecule has 0 radical (unpaired) electrons. The van der Waals surface area contributed by atoms with Crippen LogP contribution >= 0.6 is 23.5 Å². The van der Waals surface area contributed by atoms with Gasteiger partial charge in [-0.15, -0.1) is 0 Å². The highest BCUT2D eigenvalue weighted by atomic mass is 32.2. The first-order valence-electron chi connectivity index (χ1n) is 7.39. The van der Waals surface area contributed by atoms with Gasteiger partial charge in [0, 0.05) is 17.3 Å². The second-order valence-electron chi connectivity index (χ2n) is 5.19. The summed E-state index contributed by atoms with van der Waals surface area (Å²) in [6.07, 6.45) is 0. The minimum absolute atomic E-state index is 0.0455. The van der Waals surface area contributed by atoms with Crippen molar-refractivity contribution in [3.8, 4) is 16.9 Å². The van der Waals surface area contributed by atoms with E-state index in [1.54, 1.807) is 48.5 Å². The molecule has 27 heavy (non-hydrogen) atoms. The van der Waals surface area contributed by atoms with Crippen molar-refractivity contribution in [2.75, 3.05) is 0 Å². The van der Waals surface area contributed by atoms with Crippen LogP contribution in [0.5, 0.6) is 0 Å². The predicted molar refractivity (Wildman–Crippen MR) is 92.8 cm³/mol. The van der Waals surface area contributed by atoms with Gasteiger partial charge in [-0.1, -0.05) is 48.5 Å². The van der Waals surface area contributed by atoms with Crippen molar-refractivity contribution in [2.45, 2.75) is 20.9 Å². The number of aromatic nitrogens is 2. The number of para-hydroxylation sites is 1. The number of rotatable bonds is 4. The van der Waals surface area contributed by atoms with E-state index in [1.165, 1.54) is 12.1 Å². The molecule has 142 valence electrons. The second-order valence-corrected chi connectivity index (χ2v) is 7.32. The lowest BCUT2D eigenvalue weighted by Crippen LogP contribution is -2.03. The van der Waals surface area contributed by atoms with E-state index < -0.39 is 44.5 Å². The maximum Gasteiger partial charge on any atom is 0.447 e. The maximum atomic E-state index is 13.1. The summed E-state index contributed by atoms with van der Waals surface area (Å²) in [4.78, 5) is -0.583. The molecular formula is C17H10F6N2S2. The zero-order valence-corrected chi connectivity index (χ0v) is 14.9. The molecule has 3 rings (SSSR count). The van der Waals surface area contributed by atoms with E-state index in [9.17, 15) is 26.3 Å². The molecule has 1 heterocycles. The van der Waals surface area contributed by atoms with E-state index >= 15 is 0 Å². The number of thioether (sulfide) groups is 2. The molecule has 0 atom stereocenters. The molecule has 2 aromatic carbocycles. The van der Waals surface area contributed by atoms with Gasteiger partial charge in [0.15, 0.2) is 0 Å². The number of hydrogen-bond acceptors (Lipinski definition) is 3. The lowest BCUT2D eigenvalue weighted by Gasteiger charge is -2.11. The Morgan fingerprint density at radius 1 is 0.704 bits per heavy atom. The number of alkyl halides is 6. The molecule has 10 heteroatoms. The smallest absolute Gasteiger partial charge is 0.231 e. The summed E-state index contributed by atoms with van der Waals surface area (Å²) in [5, 5.41) is 3.12. The van der Waals surface area contributed by atoms with Crippen LogP contribution in [-0.4, -0.2) is 20.8 Å². The maximum absolute atomic E-state index is 13.1. The van der Waals surface area contributed by atoms with Crippen molar-refractivity contribution in [2.24, 2.45) is 0 Å². The van der Waals surface area contributed by atoms with E-state index in [2.05, 4.69) is 5.10 Å². The molecule has 2 nitrogen and oxygen atoms in total. The van der Waals surface area contributed by atoms with Gasteiger partial charge >= 0.3 is 11.0 Å². The second kappa shape index (κ2) is 7.51. The highest BCUT2D eigenvalue weighted by Crippen LogP contribution is 2.49. The van der Waals surface area contributed by atoms with Gasteiger partial charge in [-0.05, 0) is 23.9 Å². The summed E-state index contributed by atoms with van der Waals surface area (Å²) in [5.41, 5.74) is -8.90. The van der Waals surface area contributed by atoms with Crippen LogP contribution in [0.25, 0.3) is 16.9 Å². The molecule has 0 fully saturated rings. The Morgan fingerprint density at radius 2 is 1.22 bits per heavy atom. The fraction of sp³-hybridized carbons (Fsp3) is 0.118. The molecule has 0 unspecified atom stereocenters. The van der Waals surface area contributed by atoms with E-state index in [4.69, 9.17) is 0 Å². The topological polar surface area (TPSA) is 17.8 Å². The molecule has 0 aliphatic heterocycles. The van der Waals surface area contributed by atoms with Crippen molar-refractivity contribution < 1.29 is 26.3 Å². The summed E-state index contributed by atoms with van der Waals surface area (Å²) in [6.45, 7) is 0. The van der Waals surface area contributed by atoms with Crippen molar-refractivity contribution in [3.63, 3.8) is 0 Å². The number of nitrogens with zero attached hydrogens (tertiary/aromatic N) is 2. The van der Waals surface area contributed by atoms with E-state index in [0.29, 0.717) is 11.3 Å². The average Bonchev–Trinajstić information content (AvgIpc) is 2.91. The third-order valence-corrected chi connectivity index (χ3v) is 4.95. The summed E-state index contributed by atoms with van der Waals surface area (Å²) < 4.78 is 79.2. The first-order valence-corrected chi connectivity index (χ1v) is 9.03. The zero-order chi connectivity index (χ0) is 19.7. The van der Waals surface area contributed by atoms with Crippen LogP contribution in [0, 0.1) is 0 Å². The molecule has 0 saturated carbocycles. The minimum Gasteiger partial charge on any atom is -0.231 e. The molecule has 1 aromatic heterocycles. The van der Waals surface area contributed by atoms with Gasteiger partial charge in [0.2, 0.25) is 0 Å². The highest BCUT2D eigenvalue weighted by Gasteiger charge is 2.39. The fourth-order valence-corrected chi connectivity index (χ4v) is 3.81. The Balaban J connectivity index is 2.28. The summed E-state index contributed by atoms with van der Waals surface area (Å²) in [6, 6.07) is 16.0. The Morgan fingerprint density at radius 3 is 1.74 bits per heavy atom. The van der Waals surface area contributed by atoms with Gasteiger partial charge in [0.05, 0.1) is 16.3 Å². The van der Waals surface area contributed by atoms with Crippen LogP contribution in [0.15, 0.2) is 70.6 Å². The molecule has 0 amide bonds. The van der Waals surface area contributed by atoms with Crippen molar-refractivity contribution in [1.29, 1.82) is 0 Å². The molecule has 0 bridgehead atoms. The van der Waals surface area contributed by atoms with Gasteiger partial charge in [0.25, 0.3) is 0 Å². The summed E-state index contributed by atoms with van der Waals surface area (Å²) in [5.74, 6) is 0. The molecule has 0 spiro atoms. The quantitative estimate of drug-likeness (QED) is 0.343. The zero-order valence-electron chi connectivity index (χ0n) is 13.3. The molecular weight excluding hydrogens is 410 g/mol. The van der Waals surface area contributed by atoms with Crippen LogP contribution in [-0.2, 0) is 0 Å². The average molecular weight is 420 g/mol. The van der Waals surface area contributed by atoms with Gasteiger partial charge in [-0.25, -0.2) is 4.68 Å². The van der Waals surface area contributed by atoms with Crippen LogP contribution < -0.4 is 0 Å². The summed E-state index contributed by atoms with van der Waals surface area (Å²) in [7, 11) is 0. The van der Waals surface area contributed by atoms with Crippen molar-refractivity contribution >= 4 is 23.5 Å². The summed E-state index contributed by atoms with van der Waals surface area (Å²) >= 11 is -1.26. The number of hydrogen-bond donors (Lipinski definition) is 0.